The van der Waals surface area contributed by atoms with Crippen molar-refractivity contribution in [1.82, 2.24) is 0 Å². The Balaban J connectivity index is 2.48. The molecule has 2 rings (SSSR count). The van der Waals surface area contributed by atoms with Gasteiger partial charge in [0, 0.05) is 17.4 Å². The highest BCUT2D eigenvalue weighted by atomic mass is 16.3. The third-order valence-corrected chi connectivity index (χ3v) is 2.43. The molecular formula is C13H16O2. The molecule has 15 heavy (non-hydrogen) atoms. The van der Waals surface area contributed by atoms with Gasteiger partial charge < -0.3 is 9.52 Å². The van der Waals surface area contributed by atoms with E-state index in [1.807, 2.05) is 26.0 Å². The summed E-state index contributed by atoms with van der Waals surface area (Å²) in [6.07, 6.45) is 2.35. The van der Waals surface area contributed by atoms with Crippen molar-refractivity contribution >= 4 is 11.0 Å². The van der Waals surface area contributed by atoms with Gasteiger partial charge in [-0.3, -0.25) is 0 Å². The fourth-order valence-electron chi connectivity index (χ4n) is 1.80. The average molecular weight is 204 g/mol. The molecule has 0 saturated heterocycles. The van der Waals surface area contributed by atoms with Crippen LogP contribution in [-0.4, -0.2) is 10.7 Å². The number of furan rings is 1. The maximum atomic E-state index is 9.78. The minimum absolute atomic E-state index is 0.615. The summed E-state index contributed by atoms with van der Waals surface area (Å²) in [7, 11) is 0. The van der Waals surface area contributed by atoms with E-state index in [0.29, 0.717) is 6.42 Å². The molecule has 2 nitrogen and oxygen atoms in total. The van der Waals surface area contributed by atoms with Crippen LogP contribution in [0.5, 0.6) is 0 Å². The lowest BCUT2D eigenvalue weighted by molar-refractivity contribution is 0.0811. The van der Waals surface area contributed by atoms with Gasteiger partial charge >= 0.3 is 0 Å². The lowest BCUT2D eigenvalue weighted by Gasteiger charge is -2.15. The van der Waals surface area contributed by atoms with Crippen LogP contribution in [0, 0.1) is 6.92 Å². The average Bonchev–Trinajstić information content (AvgIpc) is 2.46. The molecule has 0 fully saturated rings. The van der Waals surface area contributed by atoms with Crippen LogP contribution in [0.4, 0.5) is 0 Å². The van der Waals surface area contributed by atoms with E-state index in [4.69, 9.17) is 4.42 Å². The molecule has 1 heterocycles. The predicted octanol–water partition coefficient (Wildman–Crippen LogP) is 3.05. The number of aliphatic hydroxyl groups is 1. The number of aryl methyl sites for hydroxylation is 1. The zero-order valence-corrected chi connectivity index (χ0v) is 9.37. The highest BCUT2D eigenvalue weighted by Crippen LogP contribution is 2.25. The molecule has 0 spiro atoms. The largest absolute Gasteiger partial charge is 0.464 e. The second kappa shape index (κ2) is 3.38. The fourth-order valence-corrected chi connectivity index (χ4v) is 1.80. The molecule has 0 amide bonds. The number of hydrogen-bond donors (Lipinski definition) is 1. The van der Waals surface area contributed by atoms with Crippen molar-refractivity contribution in [2.45, 2.75) is 32.8 Å². The molecule has 0 aliphatic heterocycles. The first-order valence-electron chi connectivity index (χ1n) is 5.15. The summed E-state index contributed by atoms with van der Waals surface area (Å²) >= 11 is 0. The monoisotopic (exact) mass is 204 g/mol. The molecule has 0 saturated carbocycles. The Morgan fingerprint density at radius 2 is 2.07 bits per heavy atom. The van der Waals surface area contributed by atoms with E-state index in [1.165, 1.54) is 5.56 Å². The van der Waals surface area contributed by atoms with Gasteiger partial charge in [0.2, 0.25) is 0 Å². The normalized spacial score (nSPS) is 12.3. The highest BCUT2D eigenvalue weighted by molar-refractivity contribution is 5.81. The van der Waals surface area contributed by atoms with Gasteiger partial charge in [-0.25, -0.2) is 0 Å². The minimum Gasteiger partial charge on any atom is -0.464 e. The van der Waals surface area contributed by atoms with E-state index >= 15 is 0 Å². The van der Waals surface area contributed by atoms with Crippen molar-refractivity contribution in [2.24, 2.45) is 0 Å². The third-order valence-electron chi connectivity index (χ3n) is 2.43. The Labute approximate surface area is 89.5 Å². The first-order valence-corrected chi connectivity index (χ1v) is 5.15. The van der Waals surface area contributed by atoms with Crippen LogP contribution in [-0.2, 0) is 6.42 Å². The molecule has 0 atom stereocenters. The van der Waals surface area contributed by atoms with Crippen LogP contribution in [0.25, 0.3) is 11.0 Å². The molecule has 1 N–H and O–H groups in total. The molecule has 0 radical (unpaired) electrons. The van der Waals surface area contributed by atoms with Gasteiger partial charge in [0.15, 0.2) is 0 Å². The summed E-state index contributed by atoms with van der Waals surface area (Å²) in [5.41, 5.74) is 2.47. The van der Waals surface area contributed by atoms with E-state index in [0.717, 1.165) is 16.5 Å². The number of benzene rings is 1. The summed E-state index contributed by atoms with van der Waals surface area (Å²) in [6, 6.07) is 6.10. The molecule has 0 unspecified atom stereocenters. The van der Waals surface area contributed by atoms with Crippen molar-refractivity contribution in [3.05, 3.63) is 35.6 Å². The first kappa shape index (κ1) is 10.2. The fraction of sp³-hybridized carbons (Fsp3) is 0.385. The van der Waals surface area contributed by atoms with E-state index in [1.54, 1.807) is 6.26 Å². The number of rotatable bonds is 2. The molecule has 2 aromatic rings. The maximum absolute atomic E-state index is 9.78. The van der Waals surface area contributed by atoms with Gasteiger partial charge in [-0.2, -0.15) is 0 Å². The van der Waals surface area contributed by atoms with Crippen molar-refractivity contribution in [3.8, 4) is 0 Å². The van der Waals surface area contributed by atoms with E-state index < -0.39 is 5.60 Å². The van der Waals surface area contributed by atoms with E-state index in [2.05, 4.69) is 13.0 Å². The smallest absolute Gasteiger partial charge is 0.134 e. The van der Waals surface area contributed by atoms with Gasteiger partial charge in [0.1, 0.15) is 5.58 Å². The molecular weight excluding hydrogens is 188 g/mol. The quantitative estimate of drug-likeness (QED) is 0.815. The Kier molecular flexibility index (Phi) is 2.31. The summed E-state index contributed by atoms with van der Waals surface area (Å²) in [4.78, 5) is 0. The van der Waals surface area contributed by atoms with Crippen LogP contribution in [0.15, 0.2) is 28.9 Å². The van der Waals surface area contributed by atoms with Crippen LogP contribution in [0.1, 0.15) is 25.0 Å². The standard InChI is InChI=1S/C13H16O2/c1-9-4-5-12-11(6-9)10(8-15-12)7-13(2,3)14/h4-6,8,14H,7H2,1-3H3. The van der Waals surface area contributed by atoms with Crippen LogP contribution >= 0.6 is 0 Å². The van der Waals surface area contributed by atoms with Crippen LogP contribution in [0.2, 0.25) is 0 Å². The van der Waals surface area contributed by atoms with E-state index in [-0.39, 0.29) is 0 Å². The number of fused-ring (bicyclic) bond motifs is 1. The first-order chi connectivity index (χ1) is 6.96. The Bertz CT molecular complexity index is 475. The SMILES string of the molecule is Cc1ccc2occ(CC(C)(C)O)c2c1. The van der Waals surface area contributed by atoms with E-state index in [9.17, 15) is 5.11 Å². The molecule has 80 valence electrons. The van der Waals surface area contributed by atoms with Gasteiger partial charge in [-0.15, -0.1) is 0 Å². The Morgan fingerprint density at radius 3 is 2.73 bits per heavy atom. The molecule has 0 aliphatic carbocycles. The van der Waals surface area contributed by atoms with Gasteiger partial charge in [0.05, 0.1) is 11.9 Å². The highest BCUT2D eigenvalue weighted by Gasteiger charge is 2.17. The summed E-state index contributed by atoms with van der Waals surface area (Å²) in [5.74, 6) is 0. The van der Waals surface area contributed by atoms with Crippen molar-refractivity contribution in [2.75, 3.05) is 0 Å². The van der Waals surface area contributed by atoms with Gasteiger partial charge in [0.25, 0.3) is 0 Å². The molecule has 1 aromatic heterocycles. The molecule has 0 aliphatic rings. The van der Waals surface area contributed by atoms with Gasteiger partial charge in [-0.05, 0) is 32.9 Å². The lowest BCUT2D eigenvalue weighted by atomic mass is 9.98. The van der Waals surface area contributed by atoms with Crippen LogP contribution in [0.3, 0.4) is 0 Å². The zero-order valence-electron chi connectivity index (χ0n) is 9.37. The molecule has 0 bridgehead atoms. The topological polar surface area (TPSA) is 33.4 Å². The Morgan fingerprint density at radius 1 is 1.33 bits per heavy atom. The second-order valence-electron chi connectivity index (χ2n) is 4.75. The third kappa shape index (κ3) is 2.21. The Hall–Kier alpha value is -1.28. The minimum atomic E-state index is -0.694. The predicted molar refractivity (Wildman–Crippen MR) is 61.0 cm³/mol. The maximum Gasteiger partial charge on any atom is 0.134 e. The summed E-state index contributed by atoms with van der Waals surface area (Å²) in [6.45, 7) is 5.67. The van der Waals surface area contributed by atoms with Gasteiger partial charge in [-0.1, -0.05) is 11.6 Å². The van der Waals surface area contributed by atoms with Crippen molar-refractivity contribution in [3.63, 3.8) is 0 Å². The second-order valence-corrected chi connectivity index (χ2v) is 4.75. The zero-order chi connectivity index (χ0) is 11.1. The van der Waals surface area contributed by atoms with Crippen LogP contribution < -0.4 is 0 Å². The molecule has 1 aromatic carbocycles. The van der Waals surface area contributed by atoms with Crippen molar-refractivity contribution in [1.29, 1.82) is 0 Å². The summed E-state index contributed by atoms with van der Waals surface area (Å²) < 4.78 is 5.44. The number of hydrogen-bond acceptors (Lipinski definition) is 2. The summed E-state index contributed by atoms with van der Waals surface area (Å²) in [5, 5.41) is 10.9. The van der Waals surface area contributed by atoms with Crippen molar-refractivity contribution < 1.29 is 9.52 Å². The lowest BCUT2D eigenvalue weighted by Crippen LogP contribution is -2.21. The molecule has 2 heteroatoms.